The minimum atomic E-state index is 0.264. The van der Waals surface area contributed by atoms with Crippen LogP contribution in [0.1, 0.15) is 39.7 Å². The Hall–Kier alpha value is -5.72. The van der Waals surface area contributed by atoms with E-state index in [4.69, 9.17) is 0 Å². The monoisotopic (exact) mass is 572 g/mol. The van der Waals surface area contributed by atoms with Gasteiger partial charge in [-0.25, -0.2) is 0 Å². The molecule has 46 heavy (non-hydrogen) atoms. The van der Waals surface area contributed by atoms with Crippen molar-refractivity contribution in [3.8, 4) is 0 Å². The molecule has 0 saturated heterocycles. The Morgan fingerprint density at radius 2 is 1.13 bits per heavy atom. The average molecular weight is 573 g/mol. The smallest absolute Gasteiger partial charge is 0.0365 e. The van der Waals surface area contributed by atoms with Crippen molar-refractivity contribution in [3.05, 3.63) is 129 Å². The highest BCUT2D eigenvalue weighted by molar-refractivity contribution is 6.49. The van der Waals surface area contributed by atoms with Crippen molar-refractivity contribution in [3.63, 3.8) is 0 Å². The summed E-state index contributed by atoms with van der Waals surface area (Å²) in [4.78, 5) is 0. The molecule has 0 N–H and O–H groups in total. The number of allylic oxidation sites excluding steroid dienone is 4. The number of hydrogen-bond donors (Lipinski definition) is 0. The van der Waals surface area contributed by atoms with E-state index in [0.717, 1.165) is 0 Å². The quantitative estimate of drug-likeness (QED) is 0.125. The summed E-state index contributed by atoms with van der Waals surface area (Å²) < 4.78 is 0. The molecular formula is C46H20. The van der Waals surface area contributed by atoms with Gasteiger partial charge in [0.15, 0.2) is 0 Å². The van der Waals surface area contributed by atoms with E-state index in [9.17, 15) is 0 Å². The van der Waals surface area contributed by atoms with Gasteiger partial charge < -0.3 is 0 Å². The summed E-state index contributed by atoms with van der Waals surface area (Å²) in [7, 11) is 0. The minimum Gasteiger partial charge on any atom is -0.0731 e. The lowest BCUT2D eigenvalue weighted by molar-refractivity contribution is 1.000. The third kappa shape index (κ3) is 1.88. The average Bonchev–Trinajstić information content (AvgIpc) is 3.08. The van der Waals surface area contributed by atoms with Crippen LogP contribution < -0.4 is 10.4 Å². The van der Waals surface area contributed by atoms with E-state index in [-0.39, 0.29) is 5.92 Å². The van der Waals surface area contributed by atoms with Crippen LogP contribution >= 0.6 is 0 Å². The van der Waals surface area contributed by atoms with Gasteiger partial charge in [0.1, 0.15) is 0 Å². The summed E-state index contributed by atoms with van der Waals surface area (Å²) in [6.07, 6.45) is 16.9. The van der Waals surface area contributed by atoms with E-state index >= 15 is 0 Å². The number of rotatable bonds is 0. The van der Waals surface area contributed by atoms with Crippen molar-refractivity contribution in [2.45, 2.75) is 11.8 Å². The fraction of sp³-hybridized carbons (Fsp3) is 0.0435. The molecule has 0 radical (unpaired) electrons. The molecule has 0 heteroatoms. The lowest BCUT2D eigenvalue weighted by atomic mass is 9.64. The molecule has 0 heterocycles. The molecule has 0 amide bonds. The fourth-order valence-corrected chi connectivity index (χ4v) is 11.5. The molecule has 15 rings (SSSR count). The molecular weight excluding hydrogens is 553 g/mol. The highest BCUT2D eigenvalue weighted by atomic mass is 14.4. The van der Waals surface area contributed by atoms with E-state index in [2.05, 4.69) is 109 Å². The molecule has 10 aromatic rings. The van der Waals surface area contributed by atoms with Crippen LogP contribution in [0.4, 0.5) is 0 Å². The normalized spacial score (nSPS) is 19.6. The van der Waals surface area contributed by atoms with E-state index in [1.165, 1.54) is 135 Å². The van der Waals surface area contributed by atoms with Crippen LogP contribution in [-0.2, 0) is 0 Å². The molecule has 2 unspecified atom stereocenters. The van der Waals surface area contributed by atoms with Crippen molar-refractivity contribution in [2.24, 2.45) is 0 Å². The van der Waals surface area contributed by atoms with Crippen LogP contribution in [0.15, 0.2) is 90.5 Å². The zero-order valence-corrected chi connectivity index (χ0v) is 24.5. The molecule has 204 valence electrons. The topological polar surface area (TPSA) is 0 Å². The van der Waals surface area contributed by atoms with E-state index in [1.807, 2.05) is 0 Å². The van der Waals surface area contributed by atoms with Gasteiger partial charge >= 0.3 is 0 Å². The third-order valence-electron chi connectivity index (χ3n) is 12.8. The Labute approximate surface area is 261 Å². The zero-order chi connectivity index (χ0) is 28.9. The van der Waals surface area contributed by atoms with Gasteiger partial charge in [-0.05, 0) is 177 Å². The van der Waals surface area contributed by atoms with Gasteiger partial charge in [-0.2, -0.15) is 0 Å². The maximum atomic E-state index is 2.55. The van der Waals surface area contributed by atoms with Crippen LogP contribution in [0.25, 0.3) is 121 Å². The van der Waals surface area contributed by atoms with E-state index in [0.29, 0.717) is 5.92 Å². The maximum Gasteiger partial charge on any atom is 0.0365 e. The predicted molar refractivity (Wildman–Crippen MR) is 196 cm³/mol. The first kappa shape index (κ1) is 21.1. The maximum absolute atomic E-state index is 2.55. The lowest BCUT2D eigenvalue weighted by Crippen LogP contribution is -2.22. The minimum absolute atomic E-state index is 0.264. The van der Waals surface area contributed by atoms with Crippen molar-refractivity contribution in [1.29, 1.82) is 0 Å². The van der Waals surface area contributed by atoms with Crippen LogP contribution in [0.3, 0.4) is 0 Å². The van der Waals surface area contributed by atoms with Gasteiger partial charge in [-0.1, -0.05) is 72.9 Å². The Bertz CT molecular complexity index is 3510. The standard InChI is InChI=1S/C46H20/c1-3-19-11-23-7-9-25-16-30-18-28-14-22-6-2-4-20-12-24-8-10-26-15-29-17-27-13-21(5-1)31(19)41-33(23)35(25)43-40(30)46-38(28)42(32(20)22)34(24)36(26)44(46)39(29)45(43)37(27)41/h1-19,36H. The molecule has 0 saturated carbocycles. The molecule has 0 spiro atoms. The summed E-state index contributed by atoms with van der Waals surface area (Å²) in [5.74, 6) is 0.589. The second-order valence-corrected chi connectivity index (χ2v) is 14.7. The highest BCUT2D eigenvalue weighted by Crippen LogP contribution is 2.62. The Kier molecular flexibility index (Phi) is 2.85. The number of hydrogen-bond acceptors (Lipinski definition) is 0. The molecule has 10 aromatic carbocycles. The fourth-order valence-electron chi connectivity index (χ4n) is 11.5. The zero-order valence-electron chi connectivity index (χ0n) is 24.5. The molecule has 0 fully saturated rings. The van der Waals surface area contributed by atoms with Gasteiger partial charge in [0.05, 0.1) is 0 Å². The predicted octanol–water partition coefficient (Wildman–Crippen LogP) is 10.5. The van der Waals surface area contributed by atoms with Crippen molar-refractivity contribution < 1.29 is 0 Å². The van der Waals surface area contributed by atoms with Crippen LogP contribution in [-0.4, -0.2) is 0 Å². The Morgan fingerprint density at radius 1 is 0.435 bits per heavy atom. The van der Waals surface area contributed by atoms with Gasteiger partial charge in [-0.3, -0.25) is 0 Å². The van der Waals surface area contributed by atoms with Crippen molar-refractivity contribution in [1.82, 2.24) is 0 Å². The van der Waals surface area contributed by atoms with Crippen LogP contribution in [0.5, 0.6) is 0 Å². The molecule has 5 aliphatic carbocycles. The summed E-state index contributed by atoms with van der Waals surface area (Å²) >= 11 is 0. The van der Waals surface area contributed by atoms with Crippen LogP contribution in [0, 0.1) is 0 Å². The van der Waals surface area contributed by atoms with Gasteiger partial charge in [0.2, 0.25) is 0 Å². The first-order valence-electron chi connectivity index (χ1n) is 16.7. The van der Waals surface area contributed by atoms with Crippen molar-refractivity contribution in [2.75, 3.05) is 0 Å². The van der Waals surface area contributed by atoms with E-state index < -0.39 is 0 Å². The first-order valence-corrected chi connectivity index (χ1v) is 16.7. The van der Waals surface area contributed by atoms with Gasteiger partial charge in [-0.15, -0.1) is 0 Å². The summed E-state index contributed by atoms with van der Waals surface area (Å²) in [6, 6.07) is 26.7. The largest absolute Gasteiger partial charge is 0.0731 e. The second kappa shape index (κ2) is 6.21. The molecule has 2 atom stereocenters. The third-order valence-corrected chi connectivity index (χ3v) is 12.8. The SMILES string of the molecule is C1=CC2C=c3ccc4cc5cc6cc7cccc8cc9c%10c(c87)c6c6c7c8c(cc%11cc(c2c2c3c4c(c56)c8c%112)=C1)C=C(C=C9)C%107. The Morgan fingerprint density at radius 3 is 2.04 bits per heavy atom. The summed E-state index contributed by atoms with van der Waals surface area (Å²) in [5, 5.41) is 28.9. The summed E-state index contributed by atoms with van der Waals surface area (Å²) in [5.41, 5.74) is 8.85. The van der Waals surface area contributed by atoms with E-state index in [1.54, 1.807) is 5.56 Å². The second-order valence-electron chi connectivity index (χ2n) is 14.7. The lowest BCUT2D eigenvalue weighted by Gasteiger charge is -2.38. The Balaban J connectivity index is 1.40. The molecule has 0 bridgehead atoms. The molecule has 5 aliphatic rings. The van der Waals surface area contributed by atoms with Gasteiger partial charge in [0, 0.05) is 11.8 Å². The van der Waals surface area contributed by atoms with Crippen LogP contribution in [0.2, 0.25) is 0 Å². The highest BCUT2D eigenvalue weighted by Gasteiger charge is 2.39. The summed E-state index contributed by atoms with van der Waals surface area (Å²) in [6.45, 7) is 0. The molecule has 0 nitrogen and oxygen atoms in total. The number of benzene rings is 10. The first-order chi connectivity index (χ1) is 22.8. The van der Waals surface area contributed by atoms with Crippen molar-refractivity contribution >= 4 is 121 Å². The molecule has 0 aliphatic heterocycles. The molecule has 0 aromatic heterocycles. The van der Waals surface area contributed by atoms with Gasteiger partial charge in [0.25, 0.3) is 0 Å².